The second kappa shape index (κ2) is 13.8. The van der Waals surface area contributed by atoms with E-state index in [9.17, 15) is 22.4 Å². The van der Waals surface area contributed by atoms with Crippen molar-refractivity contribution in [3.8, 4) is 0 Å². The zero-order chi connectivity index (χ0) is 29.4. The van der Waals surface area contributed by atoms with Crippen molar-refractivity contribution in [1.29, 1.82) is 0 Å². The van der Waals surface area contributed by atoms with Gasteiger partial charge >= 0.3 is 0 Å². The van der Waals surface area contributed by atoms with Gasteiger partial charge in [-0.15, -0.1) is 0 Å². The SMILES string of the molecule is CC[C@H](C(=O)N[C@@H](C)CC)N(Cc1ccc(C)cc1)C(=O)CN(c1ccc(F)c(Cl)c1)S(=O)(=O)c1ccccc1. The lowest BCUT2D eigenvalue weighted by Gasteiger charge is -2.33. The van der Waals surface area contributed by atoms with Crippen LogP contribution in [0.2, 0.25) is 5.02 Å². The second-order valence-electron chi connectivity index (χ2n) is 9.67. The van der Waals surface area contributed by atoms with Crippen LogP contribution in [0.1, 0.15) is 44.7 Å². The van der Waals surface area contributed by atoms with Crippen molar-refractivity contribution in [2.75, 3.05) is 10.8 Å². The highest BCUT2D eigenvalue weighted by Gasteiger charge is 2.34. The van der Waals surface area contributed by atoms with Gasteiger partial charge in [0.25, 0.3) is 10.0 Å². The normalized spacial score (nSPS) is 12.8. The molecule has 0 aliphatic carbocycles. The van der Waals surface area contributed by atoms with Crippen molar-refractivity contribution in [2.24, 2.45) is 0 Å². The molecule has 0 unspecified atom stereocenters. The van der Waals surface area contributed by atoms with E-state index in [0.29, 0.717) is 12.8 Å². The lowest BCUT2D eigenvalue weighted by atomic mass is 10.1. The smallest absolute Gasteiger partial charge is 0.264 e. The van der Waals surface area contributed by atoms with Crippen LogP contribution in [-0.4, -0.2) is 43.8 Å². The Balaban J connectivity index is 2.06. The third kappa shape index (κ3) is 7.61. The van der Waals surface area contributed by atoms with Crippen LogP contribution >= 0.6 is 11.6 Å². The molecule has 214 valence electrons. The van der Waals surface area contributed by atoms with Crippen LogP contribution in [0.4, 0.5) is 10.1 Å². The number of nitrogens with one attached hydrogen (secondary N) is 1. The average molecular weight is 588 g/mol. The number of anilines is 1. The molecule has 0 aliphatic heterocycles. The molecule has 0 heterocycles. The van der Waals surface area contributed by atoms with Gasteiger partial charge in [-0.2, -0.15) is 0 Å². The monoisotopic (exact) mass is 587 g/mol. The van der Waals surface area contributed by atoms with Gasteiger partial charge in [-0.05, 0) is 62.6 Å². The third-order valence-corrected chi connectivity index (χ3v) is 8.74. The van der Waals surface area contributed by atoms with Crippen LogP contribution in [-0.2, 0) is 26.2 Å². The van der Waals surface area contributed by atoms with Crippen molar-refractivity contribution < 1.29 is 22.4 Å². The minimum absolute atomic E-state index is 0.0241. The van der Waals surface area contributed by atoms with Gasteiger partial charge in [0.05, 0.1) is 15.6 Å². The van der Waals surface area contributed by atoms with E-state index in [-0.39, 0.29) is 34.1 Å². The number of amides is 2. The van der Waals surface area contributed by atoms with E-state index < -0.39 is 34.3 Å². The number of nitrogens with zero attached hydrogens (tertiary/aromatic N) is 2. The minimum Gasteiger partial charge on any atom is -0.352 e. The maximum atomic E-state index is 14.0. The first-order chi connectivity index (χ1) is 19.0. The van der Waals surface area contributed by atoms with Crippen molar-refractivity contribution in [1.82, 2.24) is 10.2 Å². The Morgan fingerprint density at radius 3 is 2.20 bits per heavy atom. The summed E-state index contributed by atoms with van der Waals surface area (Å²) in [5.41, 5.74) is 1.85. The summed E-state index contributed by atoms with van der Waals surface area (Å²) in [5, 5.41) is 2.66. The first-order valence-corrected chi connectivity index (χ1v) is 15.0. The largest absolute Gasteiger partial charge is 0.352 e. The Labute approximate surface area is 241 Å². The molecule has 0 bridgehead atoms. The molecule has 0 spiro atoms. The Morgan fingerprint density at radius 2 is 1.62 bits per heavy atom. The summed E-state index contributed by atoms with van der Waals surface area (Å²) in [4.78, 5) is 28.7. The molecule has 0 aromatic heterocycles. The first kappa shape index (κ1) is 31.1. The van der Waals surface area contributed by atoms with Crippen LogP contribution in [0.3, 0.4) is 0 Å². The summed E-state index contributed by atoms with van der Waals surface area (Å²) in [5.74, 6) is -1.63. The van der Waals surface area contributed by atoms with Gasteiger partial charge in [0.15, 0.2) is 0 Å². The number of hydrogen-bond acceptors (Lipinski definition) is 4. The predicted molar refractivity (Wildman–Crippen MR) is 156 cm³/mol. The Morgan fingerprint density at radius 1 is 0.975 bits per heavy atom. The Bertz CT molecular complexity index is 1420. The number of benzene rings is 3. The first-order valence-electron chi connectivity index (χ1n) is 13.2. The molecule has 40 heavy (non-hydrogen) atoms. The van der Waals surface area contributed by atoms with E-state index in [1.54, 1.807) is 25.1 Å². The fourth-order valence-electron chi connectivity index (χ4n) is 4.14. The topological polar surface area (TPSA) is 86.8 Å². The maximum absolute atomic E-state index is 14.0. The fourth-order valence-corrected chi connectivity index (χ4v) is 5.74. The van der Waals surface area contributed by atoms with Crippen molar-refractivity contribution in [3.63, 3.8) is 0 Å². The quantitative estimate of drug-likeness (QED) is 0.294. The number of sulfonamides is 1. The summed E-state index contributed by atoms with van der Waals surface area (Å²) < 4.78 is 42.5. The van der Waals surface area contributed by atoms with Crippen LogP contribution in [0.15, 0.2) is 77.7 Å². The van der Waals surface area contributed by atoms with E-state index in [1.807, 2.05) is 45.0 Å². The molecule has 0 saturated heterocycles. The average Bonchev–Trinajstić information content (AvgIpc) is 2.94. The van der Waals surface area contributed by atoms with Crippen LogP contribution in [0, 0.1) is 12.7 Å². The van der Waals surface area contributed by atoms with Gasteiger partial charge in [-0.3, -0.25) is 13.9 Å². The van der Waals surface area contributed by atoms with Gasteiger partial charge < -0.3 is 10.2 Å². The van der Waals surface area contributed by atoms with Crippen molar-refractivity contribution >= 4 is 39.1 Å². The molecule has 3 aromatic rings. The molecule has 10 heteroatoms. The molecule has 0 saturated carbocycles. The van der Waals surface area contributed by atoms with E-state index in [0.717, 1.165) is 21.5 Å². The Kier molecular flexibility index (Phi) is 10.7. The van der Waals surface area contributed by atoms with Gasteiger partial charge in [0, 0.05) is 12.6 Å². The van der Waals surface area contributed by atoms with Crippen molar-refractivity contribution in [2.45, 2.75) is 64.1 Å². The molecular weight excluding hydrogens is 553 g/mol. The molecule has 7 nitrogen and oxygen atoms in total. The fraction of sp³-hybridized carbons (Fsp3) is 0.333. The zero-order valence-electron chi connectivity index (χ0n) is 23.1. The van der Waals surface area contributed by atoms with Gasteiger partial charge in [0.2, 0.25) is 11.8 Å². The molecule has 3 aromatic carbocycles. The van der Waals surface area contributed by atoms with Gasteiger partial charge in [-0.25, -0.2) is 12.8 Å². The summed E-state index contributed by atoms with van der Waals surface area (Å²) in [6, 6.07) is 17.7. The molecule has 2 atom stereocenters. The number of aryl methyl sites for hydroxylation is 1. The van der Waals surface area contributed by atoms with Gasteiger partial charge in [0.1, 0.15) is 18.4 Å². The van der Waals surface area contributed by atoms with Crippen LogP contribution in [0.5, 0.6) is 0 Å². The summed E-state index contributed by atoms with van der Waals surface area (Å²) >= 11 is 6.01. The second-order valence-corrected chi connectivity index (χ2v) is 11.9. The van der Waals surface area contributed by atoms with E-state index >= 15 is 0 Å². The maximum Gasteiger partial charge on any atom is 0.264 e. The summed E-state index contributed by atoms with van der Waals surface area (Å²) in [6.07, 6.45) is 1.02. The summed E-state index contributed by atoms with van der Waals surface area (Å²) in [7, 11) is -4.26. The molecule has 1 N–H and O–H groups in total. The summed E-state index contributed by atoms with van der Waals surface area (Å²) in [6.45, 7) is 7.04. The minimum atomic E-state index is -4.26. The molecular formula is C30H35ClFN3O4S. The van der Waals surface area contributed by atoms with Crippen molar-refractivity contribution in [3.05, 3.63) is 94.8 Å². The molecule has 3 rings (SSSR count). The standard InChI is InChI=1S/C30H35ClFN3O4S/c1-5-22(4)33-30(37)28(6-2)34(19-23-14-12-21(3)13-15-23)29(36)20-35(24-16-17-27(32)26(31)18-24)40(38,39)25-10-8-7-9-11-25/h7-18,22,28H,5-6,19-20H2,1-4H3,(H,33,37)/t22-,28+/m0/s1. The number of carbonyl (C=O) groups is 2. The zero-order valence-corrected chi connectivity index (χ0v) is 24.7. The number of hydrogen-bond donors (Lipinski definition) is 1. The lowest BCUT2D eigenvalue weighted by Crippen LogP contribution is -2.53. The highest BCUT2D eigenvalue weighted by molar-refractivity contribution is 7.92. The lowest BCUT2D eigenvalue weighted by molar-refractivity contribution is -0.140. The van der Waals surface area contributed by atoms with E-state index in [4.69, 9.17) is 11.6 Å². The number of halogens is 2. The Hall–Kier alpha value is -3.43. The number of carbonyl (C=O) groups excluding carboxylic acids is 2. The van der Waals surface area contributed by atoms with Crippen LogP contribution in [0.25, 0.3) is 0 Å². The highest BCUT2D eigenvalue weighted by atomic mass is 35.5. The van der Waals surface area contributed by atoms with Gasteiger partial charge in [-0.1, -0.05) is 73.5 Å². The predicted octanol–water partition coefficient (Wildman–Crippen LogP) is 5.70. The molecule has 0 fully saturated rings. The molecule has 2 amide bonds. The highest BCUT2D eigenvalue weighted by Crippen LogP contribution is 2.28. The van der Waals surface area contributed by atoms with E-state index in [2.05, 4.69) is 5.32 Å². The van der Waals surface area contributed by atoms with E-state index in [1.165, 1.54) is 29.2 Å². The third-order valence-electron chi connectivity index (χ3n) is 6.66. The molecule has 0 radical (unpaired) electrons. The molecule has 0 aliphatic rings. The van der Waals surface area contributed by atoms with Crippen LogP contribution < -0.4 is 9.62 Å². The number of rotatable bonds is 12.